The van der Waals surface area contributed by atoms with Gasteiger partial charge < -0.3 is 5.32 Å². The molecule has 1 heterocycles. The third-order valence-electron chi connectivity index (χ3n) is 2.77. The van der Waals surface area contributed by atoms with Gasteiger partial charge in [-0.25, -0.2) is 0 Å². The summed E-state index contributed by atoms with van der Waals surface area (Å²) in [6.07, 6.45) is 3.60. The van der Waals surface area contributed by atoms with Crippen LogP contribution in [0, 0.1) is 5.41 Å². The van der Waals surface area contributed by atoms with Gasteiger partial charge in [0.2, 0.25) is 0 Å². The first-order valence-corrected chi connectivity index (χ1v) is 8.49. The van der Waals surface area contributed by atoms with Gasteiger partial charge in [0.05, 0.1) is 3.79 Å². The minimum absolute atomic E-state index is 0.373. The smallest absolute Gasteiger partial charge is 0.0843 e. The number of hydrogen-bond donors (Lipinski definition) is 1. The molecule has 1 aromatic rings. The van der Waals surface area contributed by atoms with Crippen LogP contribution in [0.3, 0.4) is 0 Å². The molecule has 0 bridgehead atoms. The van der Waals surface area contributed by atoms with Crippen molar-refractivity contribution in [3.05, 3.63) is 19.2 Å². The van der Waals surface area contributed by atoms with Crippen LogP contribution in [-0.2, 0) is 6.42 Å². The Morgan fingerprint density at radius 1 is 1.35 bits per heavy atom. The van der Waals surface area contributed by atoms with Gasteiger partial charge in [-0.3, -0.25) is 0 Å². The summed E-state index contributed by atoms with van der Waals surface area (Å²) in [4.78, 5) is 1.45. The lowest BCUT2D eigenvalue weighted by Gasteiger charge is -2.24. The summed E-state index contributed by atoms with van der Waals surface area (Å²) in [7, 11) is 0. The van der Waals surface area contributed by atoms with E-state index in [-0.39, 0.29) is 0 Å². The summed E-state index contributed by atoms with van der Waals surface area (Å²) < 4.78 is 2.38. The third-order valence-corrected chi connectivity index (χ3v) is 6.09. The van der Waals surface area contributed by atoms with Crippen molar-refractivity contribution < 1.29 is 0 Å². The number of rotatable bonds is 7. The summed E-state index contributed by atoms with van der Waals surface area (Å²) in [5.74, 6) is 0. The second kappa shape index (κ2) is 7.27. The highest BCUT2D eigenvalue weighted by molar-refractivity contribution is 9.13. The van der Waals surface area contributed by atoms with Crippen LogP contribution in [-0.4, -0.2) is 13.1 Å². The molecule has 0 unspecified atom stereocenters. The second-order valence-corrected chi connectivity index (χ2v) is 8.48. The van der Waals surface area contributed by atoms with Crippen LogP contribution in [0.15, 0.2) is 14.3 Å². The highest BCUT2D eigenvalue weighted by atomic mass is 79.9. The molecule has 17 heavy (non-hydrogen) atoms. The average molecular weight is 383 g/mol. The first-order valence-electron chi connectivity index (χ1n) is 6.09. The summed E-state index contributed by atoms with van der Waals surface area (Å²) >= 11 is 8.92. The largest absolute Gasteiger partial charge is 0.316 e. The van der Waals surface area contributed by atoms with E-state index in [1.807, 2.05) is 11.3 Å². The van der Waals surface area contributed by atoms with Gasteiger partial charge >= 0.3 is 0 Å². The summed E-state index contributed by atoms with van der Waals surface area (Å²) in [6, 6.07) is 2.23. The van der Waals surface area contributed by atoms with Crippen molar-refractivity contribution >= 4 is 43.2 Å². The monoisotopic (exact) mass is 381 g/mol. The highest BCUT2D eigenvalue weighted by Gasteiger charge is 2.17. The fourth-order valence-electron chi connectivity index (χ4n) is 1.67. The van der Waals surface area contributed by atoms with Gasteiger partial charge in [0.1, 0.15) is 0 Å². The molecule has 1 N–H and O–H groups in total. The molecule has 0 radical (unpaired) electrons. The average Bonchev–Trinajstić information content (AvgIpc) is 2.56. The molecule has 0 aliphatic carbocycles. The van der Waals surface area contributed by atoms with Gasteiger partial charge in [-0.15, -0.1) is 11.3 Å². The Balaban J connectivity index is 2.38. The first kappa shape index (κ1) is 15.7. The Morgan fingerprint density at radius 2 is 2.06 bits per heavy atom. The molecule has 1 rings (SSSR count). The Labute approximate surface area is 126 Å². The molecular weight excluding hydrogens is 362 g/mol. The van der Waals surface area contributed by atoms with Crippen molar-refractivity contribution in [2.45, 2.75) is 40.0 Å². The van der Waals surface area contributed by atoms with Crippen molar-refractivity contribution in [2.75, 3.05) is 13.1 Å². The predicted octanol–water partition coefficient (Wildman–Crippen LogP) is 5.23. The zero-order chi connectivity index (χ0) is 12.9. The summed E-state index contributed by atoms with van der Waals surface area (Å²) in [5.41, 5.74) is 0.373. The molecule has 0 saturated carbocycles. The van der Waals surface area contributed by atoms with E-state index in [1.165, 1.54) is 26.0 Å². The van der Waals surface area contributed by atoms with Crippen molar-refractivity contribution in [1.29, 1.82) is 0 Å². The third kappa shape index (κ3) is 5.86. The SMILES string of the molecule is CCCNCC(C)(C)CCc1cc(Br)c(Br)s1. The molecule has 0 saturated heterocycles. The number of aryl methyl sites for hydroxylation is 1. The van der Waals surface area contributed by atoms with E-state index in [2.05, 4.69) is 64.0 Å². The number of thiophene rings is 1. The molecule has 0 atom stereocenters. The molecule has 0 amide bonds. The molecule has 1 nitrogen and oxygen atoms in total. The van der Waals surface area contributed by atoms with Gasteiger partial charge in [-0.05, 0) is 69.1 Å². The van der Waals surface area contributed by atoms with E-state index < -0.39 is 0 Å². The topological polar surface area (TPSA) is 12.0 Å². The zero-order valence-corrected chi connectivity index (χ0v) is 14.8. The second-order valence-electron chi connectivity index (χ2n) is 5.18. The standard InChI is InChI=1S/C13H21Br2NS/c1-4-7-16-9-13(2,3)6-5-10-8-11(14)12(15)17-10/h8,16H,4-7,9H2,1-3H3. The van der Waals surface area contributed by atoms with E-state index in [4.69, 9.17) is 0 Å². The van der Waals surface area contributed by atoms with Crippen LogP contribution < -0.4 is 5.32 Å². The van der Waals surface area contributed by atoms with E-state index >= 15 is 0 Å². The minimum Gasteiger partial charge on any atom is -0.316 e. The lowest BCUT2D eigenvalue weighted by atomic mass is 9.87. The Morgan fingerprint density at radius 3 is 2.59 bits per heavy atom. The zero-order valence-electron chi connectivity index (χ0n) is 10.8. The maximum Gasteiger partial charge on any atom is 0.0843 e. The molecule has 98 valence electrons. The van der Waals surface area contributed by atoms with Crippen LogP contribution in [0.5, 0.6) is 0 Å². The van der Waals surface area contributed by atoms with Gasteiger partial charge in [-0.2, -0.15) is 0 Å². The Hall–Kier alpha value is 0.620. The van der Waals surface area contributed by atoms with Crippen LogP contribution in [0.2, 0.25) is 0 Å². The number of nitrogens with one attached hydrogen (secondary N) is 1. The molecule has 1 aromatic heterocycles. The molecule has 0 spiro atoms. The maximum absolute atomic E-state index is 3.55. The van der Waals surface area contributed by atoms with Crippen molar-refractivity contribution in [3.8, 4) is 0 Å². The molecule has 0 aliphatic rings. The first-order chi connectivity index (χ1) is 7.94. The van der Waals surface area contributed by atoms with Crippen LogP contribution >= 0.6 is 43.2 Å². The quantitative estimate of drug-likeness (QED) is 0.636. The van der Waals surface area contributed by atoms with Gasteiger partial charge in [0.15, 0.2) is 0 Å². The lowest BCUT2D eigenvalue weighted by Crippen LogP contribution is -2.30. The highest BCUT2D eigenvalue weighted by Crippen LogP contribution is 2.34. The maximum atomic E-state index is 3.55. The predicted molar refractivity (Wildman–Crippen MR) is 85.0 cm³/mol. The molecule has 0 aliphatic heterocycles. The van der Waals surface area contributed by atoms with Crippen LogP contribution in [0.1, 0.15) is 38.5 Å². The minimum atomic E-state index is 0.373. The number of halogens is 2. The molecule has 0 aromatic carbocycles. The van der Waals surface area contributed by atoms with Gasteiger partial charge in [0, 0.05) is 15.9 Å². The van der Waals surface area contributed by atoms with Gasteiger partial charge in [0.25, 0.3) is 0 Å². The van der Waals surface area contributed by atoms with E-state index in [0.717, 1.165) is 19.5 Å². The number of hydrogen-bond acceptors (Lipinski definition) is 2. The van der Waals surface area contributed by atoms with Crippen molar-refractivity contribution in [2.24, 2.45) is 5.41 Å². The molecular formula is C13H21Br2NS. The van der Waals surface area contributed by atoms with Crippen LogP contribution in [0.4, 0.5) is 0 Å². The van der Waals surface area contributed by atoms with Crippen molar-refractivity contribution in [3.63, 3.8) is 0 Å². The van der Waals surface area contributed by atoms with Crippen LogP contribution in [0.25, 0.3) is 0 Å². The fraction of sp³-hybridized carbons (Fsp3) is 0.692. The van der Waals surface area contributed by atoms with E-state index in [1.54, 1.807) is 0 Å². The van der Waals surface area contributed by atoms with E-state index in [9.17, 15) is 0 Å². The normalized spacial score (nSPS) is 12.1. The van der Waals surface area contributed by atoms with Crippen molar-refractivity contribution in [1.82, 2.24) is 5.32 Å². The molecule has 0 fully saturated rings. The Kier molecular flexibility index (Phi) is 6.70. The van der Waals surface area contributed by atoms with Gasteiger partial charge in [-0.1, -0.05) is 20.8 Å². The fourth-order valence-corrected chi connectivity index (χ4v) is 3.84. The van der Waals surface area contributed by atoms with E-state index in [0.29, 0.717) is 5.41 Å². The molecule has 4 heteroatoms. The summed E-state index contributed by atoms with van der Waals surface area (Å²) in [5, 5.41) is 3.51. The summed E-state index contributed by atoms with van der Waals surface area (Å²) in [6.45, 7) is 9.12. The Bertz CT molecular complexity index is 328. The lowest BCUT2D eigenvalue weighted by molar-refractivity contribution is 0.316.